The molecule has 1 N–H and O–H groups in total. The molecule has 4 aliphatic rings. The van der Waals surface area contributed by atoms with Crippen molar-refractivity contribution < 1.29 is 9.47 Å². The summed E-state index contributed by atoms with van der Waals surface area (Å²) in [6.45, 7) is 4.01. The molecule has 4 fully saturated rings. The summed E-state index contributed by atoms with van der Waals surface area (Å²) >= 11 is 0. The minimum absolute atomic E-state index is 0.201. The Balaban J connectivity index is 1.28. The summed E-state index contributed by atoms with van der Waals surface area (Å²) in [6.07, 6.45) is 10.6. The summed E-state index contributed by atoms with van der Waals surface area (Å²) in [6, 6.07) is 1.39. The lowest BCUT2D eigenvalue weighted by Crippen LogP contribution is -2.47. The summed E-state index contributed by atoms with van der Waals surface area (Å²) in [5.41, 5.74) is 0. The molecule has 1 heterocycles. The lowest BCUT2D eigenvalue weighted by atomic mass is 9.82. The normalized spacial score (nSPS) is 41.5. The van der Waals surface area contributed by atoms with Crippen molar-refractivity contribution >= 4 is 0 Å². The van der Waals surface area contributed by atoms with Crippen LogP contribution in [0.2, 0.25) is 0 Å². The van der Waals surface area contributed by atoms with Crippen LogP contribution in [0.5, 0.6) is 0 Å². The van der Waals surface area contributed by atoms with Crippen LogP contribution in [0.25, 0.3) is 0 Å². The number of rotatable bonds is 3. The SMILES string of the molecule is CC(NC1CCC2(CC1)OCCO2)C1CC2CCC1C2. The molecule has 1 spiro atoms. The van der Waals surface area contributed by atoms with Gasteiger partial charge in [-0.15, -0.1) is 0 Å². The Hall–Kier alpha value is -0.120. The van der Waals surface area contributed by atoms with Crippen molar-refractivity contribution in [3.63, 3.8) is 0 Å². The van der Waals surface area contributed by atoms with Crippen molar-refractivity contribution in [2.75, 3.05) is 13.2 Å². The molecule has 2 bridgehead atoms. The maximum atomic E-state index is 5.82. The molecule has 3 nitrogen and oxygen atoms in total. The Labute approximate surface area is 122 Å². The predicted octanol–water partition coefficient (Wildman–Crippen LogP) is 3.09. The lowest BCUT2D eigenvalue weighted by Gasteiger charge is -2.38. The van der Waals surface area contributed by atoms with E-state index in [0.717, 1.165) is 43.8 Å². The van der Waals surface area contributed by atoms with Crippen LogP contribution >= 0.6 is 0 Å². The number of hydrogen-bond donors (Lipinski definition) is 1. The van der Waals surface area contributed by atoms with E-state index < -0.39 is 0 Å². The van der Waals surface area contributed by atoms with Crippen molar-refractivity contribution in [2.24, 2.45) is 17.8 Å². The van der Waals surface area contributed by atoms with E-state index in [1.807, 2.05) is 0 Å². The van der Waals surface area contributed by atoms with Crippen LogP contribution in [0.4, 0.5) is 0 Å². The maximum absolute atomic E-state index is 5.82. The van der Waals surface area contributed by atoms with Gasteiger partial charge in [-0.25, -0.2) is 0 Å². The van der Waals surface area contributed by atoms with Crippen LogP contribution < -0.4 is 5.32 Å². The van der Waals surface area contributed by atoms with Gasteiger partial charge >= 0.3 is 0 Å². The quantitative estimate of drug-likeness (QED) is 0.861. The summed E-state index contributed by atoms with van der Waals surface area (Å²) < 4.78 is 11.6. The van der Waals surface area contributed by atoms with Crippen LogP contribution in [0.15, 0.2) is 0 Å². The molecule has 3 saturated carbocycles. The van der Waals surface area contributed by atoms with E-state index in [9.17, 15) is 0 Å². The van der Waals surface area contributed by atoms with E-state index >= 15 is 0 Å². The lowest BCUT2D eigenvalue weighted by molar-refractivity contribution is -0.179. The van der Waals surface area contributed by atoms with Crippen molar-refractivity contribution in [3.05, 3.63) is 0 Å². The molecule has 20 heavy (non-hydrogen) atoms. The van der Waals surface area contributed by atoms with Gasteiger partial charge in [-0.05, 0) is 56.8 Å². The van der Waals surface area contributed by atoms with E-state index in [1.165, 1.54) is 38.5 Å². The topological polar surface area (TPSA) is 30.5 Å². The number of hydrogen-bond acceptors (Lipinski definition) is 3. The maximum Gasteiger partial charge on any atom is 0.168 e. The summed E-state index contributed by atoms with van der Waals surface area (Å²) in [5.74, 6) is 2.83. The third kappa shape index (κ3) is 2.42. The Morgan fingerprint density at radius 3 is 2.35 bits per heavy atom. The standard InChI is InChI=1S/C17H29NO2/c1-12(16-11-13-2-3-14(16)10-13)18-15-4-6-17(7-5-15)19-8-9-20-17/h12-16,18H,2-11H2,1H3. The van der Waals surface area contributed by atoms with Gasteiger partial charge < -0.3 is 14.8 Å². The van der Waals surface area contributed by atoms with Gasteiger partial charge in [0, 0.05) is 24.9 Å². The van der Waals surface area contributed by atoms with Crippen LogP contribution in [0, 0.1) is 17.8 Å². The van der Waals surface area contributed by atoms with Gasteiger partial charge in [0.15, 0.2) is 5.79 Å². The fourth-order valence-electron chi connectivity index (χ4n) is 5.41. The van der Waals surface area contributed by atoms with Crippen molar-refractivity contribution in [3.8, 4) is 0 Å². The number of fused-ring (bicyclic) bond motifs is 2. The molecule has 4 rings (SSSR count). The molecule has 114 valence electrons. The van der Waals surface area contributed by atoms with Crippen LogP contribution in [-0.4, -0.2) is 31.1 Å². The molecule has 3 heteroatoms. The van der Waals surface area contributed by atoms with E-state index in [2.05, 4.69) is 12.2 Å². The first-order valence-electron chi connectivity index (χ1n) is 8.78. The Bertz CT molecular complexity index is 343. The first-order chi connectivity index (χ1) is 9.74. The fraction of sp³-hybridized carbons (Fsp3) is 1.00. The molecule has 4 atom stereocenters. The van der Waals surface area contributed by atoms with Gasteiger partial charge in [0.25, 0.3) is 0 Å². The molecule has 1 saturated heterocycles. The molecule has 0 aromatic carbocycles. The number of nitrogens with one attached hydrogen (secondary N) is 1. The highest BCUT2D eigenvalue weighted by Crippen LogP contribution is 2.49. The Kier molecular flexibility index (Phi) is 3.56. The zero-order valence-corrected chi connectivity index (χ0v) is 12.8. The predicted molar refractivity (Wildman–Crippen MR) is 78.4 cm³/mol. The molecule has 0 radical (unpaired) electrons. The highest BCUT2D eigenvalue weighted by molar-refractivity contribution is 4.95. The zero-order valence-electron chi connectivity index (χ0n) is 12.8. The first-order valence-corrected chi connectivity index (χ1v) is 8.78. The van der Waals surface area contributed by atoms with E-state index in [4.69, 9.17) is 9.47 Å². The minimum atomic E-state index is -0.201. The molecule has 1 aliphatic heterocycles. The van der Waals surface area contributed by atoms with Crippen LogP contribution in [-0.2, 0) is 9.47 Å². The second kappa shape index (κ2) is 5.26. The molecular formula is C17H29NO2. The second-order valence-electron chi connectivity index (χ2n) is 7.68. The molecule has 0 amide bonds. The average Bonchev–Trinajstić information content (AvgIpc) is 3.18. The number of ether oxygens (including phenoxy) is 2. The highest BCUT2D eigenvalue weighted by atomic mass is 16.7. The van der Waals surface area contributed by atoms with Gasteiger partial charge in [0.2, 0.25) is 0 Å². The summed E-state index contributed by atoms with van der Waals surface area (Å²) in [7, 11) is 0. The van der Waals surface area contributed by atoms with E-state index in [1.54, 1.807) is 0 Å². The van der Waals surface area contributed by atoms with E-state index in [0.29, 0.717) is 12.1 Å². The monoisotopic (exact) mass is 279 g/mol. The highest BCUT2D eigenvalue weighted by Gasteiger charge is 2.44. The molecular weight excluding hydrogens is 250 g/mol. The molecule has 0 aromatic heterocycles. The Morgan fingerprint density at radius 1 is 1.00 bits per heavy atom. The average molecular weight is 279 g/mol. The van der Waals surface area contributed by atoms with Gasteiger partial charge in [-0.2, -0.15) is 0 Å². The third-order valence-electron chi connectivity index (χ3n) is 6.49. The van der Waals surface area contributed by atoms with Gasteiger partial charge in [-0.1, -0.05) is 6.42 Å². The third-order valence-corrected chi connectivity index (χ3v) is 6.49. The van der Waals surface area contributed by atoms with Crippen LogP contribution in [0.1, 0.15) is 58.3 Å². The van der Waals surface area contributed by atoms with Gasteiger partial charge in [-0.3, -0.25) is 0 Å². The van der Waals surface area contributed by atoms with Crippen molar-refractivity contribution in [1.82, 2.24) is 5.32 Å². The molecule has 0 aromatic rings. The van der Waals surface area contributed by atoms with Crippen LogP contribution in [0.3, 0.4) is 0 Å². The molecule has 4 unspecified atom stereocenters. The van der Waals surface area contributed by atoms with Crippen molar-refractivity contribution in [2.45, 2.75) is 76.2 Å². The first kappa shape index (κ1) is 13.5. The van der Waals surface area contributed by atoms with Crippen molar-refractivity contribution in [1.29, 1.82) is 0 Å². The zero-order chi connectivity index (χ0) is 13.6. The molecule has 3 aliphatic carbocycles. The second-order valence-corrected chi connectivity index (χ2v) is 7.68. The summed E-state index contributed by atoms with van der Waals surface area (Å²) in [5, 5.41) is 3.94. The largest absolute Gasteiger partial charge is 0.348 e. The Morgan fingerprint density at radius 2 is 1.75 bits per heavy atom. The van der Waals surface area contributed by atoms with Gasteiger partial charge in [0.1, 0.15) is 0 Å². The minimum Gasteiger partial charge on any atom is -0.348 e. The smallest absolute Gasteiger partial charge is 0.168 e. The fourth-order valence-corrected chi connectivity index (χ4v) is 5.41. The van der Waals surface area contributed by atoms with Gasteiger partial charge in [0.05, 0.1) is 13.2 Å². The summed E-state index contributed by atoms with van der Waals surface area (Å²) in [4.78, 5) is 0. The van der Waals surface area contributed by atoms with E-state index in [-0.39, 0.29) is 5.79 Å².